The minimum Gasteiger partial charge on any atom is -0.474 e. The average molecular weight is 506 g/mol. The molecule has 9 nitrogen and oxygen atoms in total. The number of hydrogen-bond acceptors (Lipinski definition) is 7. The highest BCUT2D eigenvalue weighted by Crippen LogP contribution is 2.64. The molecule has 2 fully saturated rings. The van der Waals surface area contributed by atoms with Crippen LogP contribution < -0.4 is 14.9 Å². The lowest BCUT2D eigenvalue weighted by Gasteiger charge is -2.33. The fraction of sp³-hybridized carbons (Fsp3) is 0.385. The van der Waals surface area contributed by atoms with E-state index in [0.29, 0.717) is 29.8 Å². The fourth-order valence-electron chi connectivity index (χ4n) is 5.39. The van der Waals surface area contributed by atoms with Gasteiger partial charge in [-0.2, -0.15) is 9.97 Å². The van der Waals surface area contributed by atoms with E-state index in [1.165, 1.54) is 5.56 Å². The van der Waals surface area contributed by atoms with Gasteiger partial charge in [0.1, 0.15) is 18.2 Å². The first kappa shape index (κ1) is 23.0. The predicted octanol–water partition coefficient (Wildman–Crippen LogP) is 3.82. The highest BCUT2D eigenvalue weighted by atomic mass is 31.0. The van der Waals surface area contributed by atoms with Crippen molar-refractivity contribution in [2.24, 2.45) is 12.5 Å². The normalized spacial score (nSPS) is 18.6. The number of rotatable bonds is 6. The molecule has 1 aliphatic heterocycles. The van der Waals surface area contributed by atoms with Crippen molar-refractivity contribution in [3.05, 3.63) is 59.2 Å². The molecule has 0 radical (unpaired) electrons. The number of carboxylic acids is 1. The Labute approximate surface area is 210 Å². The van der Waals surface area contributed by atoms with Crippen molar-refractivity contribution < 1.29 is 19.1 Å². The standard InChI is InChI=1S/C26H28N5O4P/c1-15-6-7-16(18(36)12-15)14-34-20-5-3-4-19(27-20)31-10-8-26(9-11-31)13-17(26)22-28-21-24(30(22)2)35-23(29-21)25(32)33/h3-7,12,17H,8-11,13-14,36H2,1-2H3,(H,32,33). The molecule has 4 heterocycles. The van der Waals surface area contributed by atoms with E-state index in [1.807, 2.05) is 29.8 Å². The van der Waals surface area contributed by atoms with Gasteiger partial charge in [-0.1, -0.05) is 29.8 Å². The van der Waals surface area contributed by atoms with E-state index in [9.17, 15) is 4.79 Å². The Bertz CT molecular complexity index is 1470. The van der Waals surface area contributed by atoms with Gasteiger partial charge in [-0.25, -0.2) is 9.78 Å². The molecule has 2 unspecified atom stereocenters. The number of benzene rings is 1. The van der Waals surface area contributed by atoms with E-state index in [1.54, 1.807) is 0 Å². The summed E-state index contributed by atoms with van der Waals surface area (Å²) in [6.45, 7) is 4.40. The number of piperidine rings is 1. The number of nitrogens with zero attached hydrogens (tertiary/aromatic N) is 5. The molecule has 1 aliphatic carbocycles. The maximum absolute atomic E-state index is 11.1. The third-order valence-electron chi connectivity index (χ3n) is 7.61. The minimum absolute atomic E-state index is 0.220. The van der Waals surface area contributed by atoms with Gasteiger partial charge in [0.15, 0.2) is 0 Å². The number of aromatic carboxylic acids is 1. The smallest absolute Gasteiger partial charge is 0.392 e. The van der Waals surface area contributed by atoms with E-state index in [4.69, 9.17) is 19.2 Å². The lowest BCUT2D eigenvalue weighted by molar-refractivity contribution is 0.0655. The number of aryl methyl sites for hydroxylation is 2. The molecule has 36 heavy (non-hydrogen) atoms. The van der Waals surface area contributed by atoms with Crippen LogP contribution in [0.15, 0.2) is 40.8 Å². The van der Waals surface area contributed by atoms with Crippen LogP contribution in [0.25, 0.3) is 11.4 Å². The molecule has 2 atom stereocenters. The number of aromatic nitrogens is 4. The summed E-state index contributed by atoms with van der Waals surface area (Å²) in [6.07, 6.45) is 3.17. The molecular weight excluding hydrogens is 477 g/mol. The van der Waals surface area contributed by atoms with Gasteiger partial charge < -0.3 is 19.2 Å². The second kappa shape index (κ2) is 8.59. The molecular formula is C26H28N5O4P. The SMILES string of the molecule is Cc1ccc(COc2cccc(N3CCC4(CC3)CC4c3nc4nc(C(=O)O)oc4n3C)n2)c(P)c1. The quantitative estimate of drug-likeness (QED) is 0.394. The molecule has 1 spiro atoms. The van der Waals surface area contributed by atoms with E-state index in [-0.39, 0.29) is 11.3 Å². The van der Waals surface area contributed by atoms with Gasteiger partial charge in [-0.05, 0) is 48.5 Å². The topological polar surface area (TPSA) is 107 Å². The van der Waals surface area contributed by atoms with E-state index in [0.717, 1.165) is 54.9 Å². The van der Waals surface area contributed by atoms with Crippen molar-refractivity contribution in [1.82, 2.24) is 19.5 Å². The number of pyridine rings is 1. The second-order valence-corrected chi connectivity index (χ2v) is 10.5. The zero-order valence-corrected chi connectivity index (χ0v) is 21.4. The van der Waals surface area contributed by atoms with Gasteiger partial charge >= 0.3 is 11.9 Å². The van der Waals surface area contributed by atoms with Gasteiger partial charge in [-0.3, -0.25) is 4.57 Å². The van der Waals surface area contributed by atoms with E-state index < -0.39 is 5.97 Å². The molecule has 1 saturated heterocycles. The summed E-state index contributed by atoms with van der Waals surface area (Å²) in [7, 11) is 4.65. The molecule has 0 bridgehead atoms. The summed E-state index contributed by atoms with van der Waals surface area (Å²) in [5, 5.41) is 10.3. The van der Waals surface area contributed by atoms with Crippen molar-refractivity contribution in [3.63, 3.8) is 0 Å². The van der Waals surface area contributed by atoms with Crippen LogP contribution >= 0.6 is 9.24 Å². The van der Waals surface area contributed by atoms with Crippen LogP contribution in [-0.4, -0.2) is 43.7 Å². The molecule has 3 aromatic heterocycles. The summed E-state index contributed by atoms with van der Waals surface area (Å²) < 4.78 is 13.3. The van der Waals surface area contributed by atoms with Crippen LogP contribution in [0.2, 0.25) is 0 Å². The number of anilines is 1. The third kappa shape index (κ3) is 4.01. The fourth-order valence-corrected chi connectivity index (χ4v) is 5.83. The highest BCUT2D eigenvalue weighted by molar-refractivity contribution is 7.27. The van der Waals surface area contributed by atoms with Gasteiger partial charge in [0, 0.05) is 32.1 Å². The molecule has 1 N–H and O–H groups in total. The largest absolute Gasteiger partial charge is 0.474 e. The van der Waals surface area contributed by atoms with Crippen LogP contribution in [0.4, 0.5) is 5.82 Å². The summed E-state index contributed by atoms with van der Waals surface area (Å²) in [4.78, 5) is 26.9. The zero-order valence-electron chi connectivity index (χ0n) is 20.3. The molecule has 186 valence electrons. The van der Waals surface area contributed by atoms with Crippen molar-refractivity contribution in [3.8, 4) is 5.88 Å². The third-order valence-corrected chi connectivity index (χ3v) is 8.15. The second-order valence-electron chi connectivity index (χ2n) is 9.91. The van der Waals surface area contributed by atoms with Crippen LogP contribution in [0.5, 0.6) is 5.88 Å². The van der Waals surface area contributed by atoms with E-state index in [2.05, 4.69) is 49.2 Å². The Hall–Kier alpha value is -3.45. The first-order valence-electron chi connectivity index (χ1n) is 12.1. The number of hydrogen-bond donors (Lipinski definition) is 1. The van der Waals surface area contributed by atoms with Gasteiger partial charge in [0.25, 0.3) is 0 Å². The highest BCUT2D eigenvalue weighted by Gasteiger charge is 2.57. The average Bonchev–Trinajstić information content (AvgIpc) is 3.22. The van der Waals surface area contributed by atoms with Crippen molar-refractivity contribution in [2.75, 3.05) is 18.0 Å². The Balaban J connectivity index is 1.10. The molecule has 6 rings (SSSR count). The Kier molecular flexibility index (Phi) is 5.48. The van der Waals surface area contributed by atoms with Crippen LogP contribution in [0.3, 0.4) is 0 Å². The lowest BCUT2D eigenvalue weighted by atomic mass is 9.90. The maximum Gasteiger partial charge on any atom is 0.392 e. The number of ether oxygens (including phenoxy) is 1. The number of imidazole rings is 1. The van der Waals surface area contributed by atoms with Crippen LogP contribution in [0, 0.1) is 12.3 Å². The molecule has 1 aromatic carbocycles. The number of carbonyl (C=O) groups is 1. The first-order chi connectivity index (χ1) is 17.3. The predicted molar refractivity (Wildman–Crippen MR) is 138 cm³/mol. The van der Waals surface area contributed by atoms with E-state index >= 15 is 0 Å². The monoisotopic (exact) mass is 505 g/mol. The van der Waals surface area contributed by atoms with Gasteiger partial charge in [0.2, 0.25) is 17.2 Å². The number of carboxylic acid groups (broad SMARTS) is 1. The zero-order chi connectivity index (χ0) is 25.0. The van der Waals surface area contributed by atoms with Gasteiger partial charge in [-0.15, -0.1) is 9.24 Å². The summed E-state index contributed by atoms with van der Waals surface area (Å²) in [5.74, 6) is 1.33. The first-order valence-corrected chi connectivity index (χ1v) is 12.7. The maximum atomic E-state index is 11.1. The van der Waals surface area contributed by atoms with Crippen molar-refractivity contribution in [1.29, 1.82) is 0 Å². The van der Waals surface area contributed by atoms with Crippen molar-refractivity contribution in [2.45, 2.75) is 38.7 Å². The Morgan fingerprint density at radius 1 is 1.22 bits per heavy atom. The Morgan fingerprint density at radius 3 is 2.75 bits per heavy atom. The molecule has 2 aliphatic rings. The Morgan fingerprint density at radius 2 is 2.03 bits per heavy atom. The molecule has 10 heteroatoms. The number of oxazole rings is 1. The molecule has 0 amide bonds. The van der Waals surface area contributed by atoms with Crippen LogP contribution in [-0.2, 0) is 13.7 Å². The molecule has 4 aromatic rings. The van der Waals surface area contributed by atoms with Crippen LogP contribution in [0.1, 0.15) is 52.8 Å². The summed E-state index contributed by atoms with van der Waals surface area (Å²) >= 11 is 0. The summed E-state index contributed by atoms with van der Waals surface area (Å²) in [5.41, 5.74) is 3.36. The molecule has 1 saturated carbocycles. The van der Waals surface area contributed by atoms with Gasteiger partial charge in [0.05, 0.1) is 0 Å². The summed E-state index contributed by atoms with van der Waals surface area (Å²) in [6, 6.07) is 12.3. The lowest BCUT2D eigenvalue weighted by Crippen LogP contribution is -2.35. The van der Waals surface area contributed by atoms with Crippen molar-refractivity contribution >= 4 is 37.7 Å². The number of fused-ring (bicyclic) bond motifs is 1. The minimum atomic E-state index is -1.18.